The molecule has 7 heteroatoms. The second-order valence-electron chi connectivity index (χ2n) is 7.80. The van der Waals surface area contributed by atoms with Crippen molar-refractivity contribution in [1.29, 1.82) is 0 Å². The van der Waals surface area contributed by atoms with Crippen molar-refractivity contribution in [2.24, 2.45) is 5.73 Å². The van der Waals surface area contributed by atoms with E-state index < -0.39 is 5.91 Å². The van der Waals surface area contributed by atoms with Crippen molar-refractivity contribution in [3.8, 4) is 11.4 Å². The largest absolute Gasteiger partial charge is 0.366 e. The predicted molar refractivity (Wildman–Crippen MR) is 137 cm³/mol. The third-order valence-electron chi connectivity index (χ3n) is 5.68. The summed E-state index contributed by atoms with van der Waals surface area (Å²) in [6.45, 7) is 2.48. The van der Waals surface area contributed by atoms with E-state index in [4.69, 9.17) is 22.3 Å². The summed E-state index contributed by atoms with van der Waals surface area (Å²) >= 11 is 7.56. The van der Waals surface area contributed by atoms with Crippen LogP contribution in [-0.4, -0.2) is 15.5 Å². The smallest absolute Gasteiger partial charge is 0.250 e. The zero-order valence-corrected chi connectivity index (χ0v) is 19.5. The summed E-state index contributed by atoms with van der Waals surface area (Å²) in [5, 5.41) is 9.20. The van der Waals surface area contributed by atoms with Gasteiger partial charge in [-0.2, -0.15) is 0 Å². The summed E-state index contributed by atoms with van der Waals surface area (Å²) in [4.78, 5) is 16.9. The fourth-order valence-electron chi connectivity index (χ4n) is 3.98. The van der Waals surface area contributed by atoms with E-state index >= 15 is 0 Å². The number of hydrogen-bond acceptors (Lipinski definition) is 4. The number of benzene rings is 3. The fraction of sp³-hybridized carbons (Fsp3) is 0.0769. The van der Waals surface area contributed by atoms with Crippen LogP contribution < -0.4 is 11.1 Å². The molecule has 0 atom stereocenters. The van der Waals surface area contributed by atoms with Gasteiger partial charge in [0.1, 0.15) is 0 Å². The summed E-state index contributed by atoms with van der Waals surface area (Å²) in [5.41, 5.74) is 10.7. The fourth-order valence-corrected chi connectivity index (χ4v) is 4.82. The Morgan fingerprint density at radius 3 is 2.64 bits per heavy atom. The Balaban J connectivity index is 1.51. The molecule has 0 fully saturated rings. The van der Waals surface area contributed by atoms with Crippen LogP contribution in [0.3, 0.4) is 0 Å². The predicted octanol–water partition coefficient (Wildman–Crippen LogP) is 6.62. The summed E-state index contributed by atoms with van der Waals surface area (Å²) in [6.07, 6.45) is 0. The monoisotopic (exact) mass is 472 g/mol. The number of thiazole rings is 1. The van der Waals surface area contributed by atoms with Crippen molar-refractivity contribution < 1.29 is 4.79 Å². The number of primary amides is 1. The van der Waals surface area contributed by atoms with Crippen LogP contribution in [0.25, 0.3) is 22.2 Å². The quantitative estimate of drug-likeness (QED) is 0.291. The molecule has 0 aliphatic carbocycles. The number of fused-ring (bicyclic) bond motifs is 1. The first-order valence-corrected chi connectivity index (χ1v) is 11.7. The van der Waals surface area contributed by atoms with Crippen molar-refractivity contribution >= 4 is 50.4 Å². The van der Waals surface area contributed by atoms with E-state index in [1.807, 2.05) is 66.9 Å². The van der Waals surface area contributed by atoms with Crippen LogP contribution in [0.5, 0.6) is 0 Å². The van der Waals surface area contributed by atoms with Gasteiger partial charge in [-0.05, 0) is 42.1 Å². The normalized spacial score (nSPS) is 11.1. The average molecular weight is 473 g/mol. The van der Waals surface area contributed by atoms with Crippen LogP contribution in [0.2, 0.25) is 5.02 Å². The van der Waals surface area contributed by atoms with Gasteiger partial charge >= 0.3 is 0 Å². The molecule has 0 aliphatic rings. The lowest BCUT2D eigenvalue weighted by molar-refractivity contribution is 0.0999. The van der Waals surface area contributed by atoms with Gasteiger partial charge in [-0.1, -0.05) is 60.1 Å². The number of halogens is 1. The molecular formula is C26H21ClN4OS. The summed E-state index contributed by atoms with van der Waals surface area (Å²) in [7, 11) is 0. The van der Waals surface area contributed by atoms with Crippen LogP contribution >= 0.6 is 22.9 Å². The molecule has 2 heterocycles. The Morgan fingerprint density at radius 1 is 1.09 bits per heavy atom. The maximum absolute atomic E-state index is 12.0. The van der Waals surface area contributed by atoms with E-state index in [0.717, 1.165) is 44.2 Å². The molecule has 3 N–H and O–H groups in total. The van der Waals surface area contributed by atoms with E-state index in [1.165, 1.54) is 11.3 Å². The maximum Gasteiger partial charge on any atom is 0.250 e. The summed E-state index contributed by atoms with van der Waals surface area (Å²) in [6, 6.07) is 23.9. The zero-order chi connectivity index (χ0) is 22.9. The number of rotatable bonds is 6. The lowest BCUT2D eigenvalue weighted by atomic mass is 10.1. The molecule has 5 nitrogen and oxygen atoms in total. The number of nitrogens with two attached hydrogens (primary N) is 1. The molecule has 0 aliphatic heterocycles. The summed E-state index contributed by atoms with van der Waals surface area (Å²) in [5.74, 6) is -0.451. The molecule has 0 unspecified atom stereocenters. The number of amides is 1. The lowest BCUT2D eigenvalue weighted by Crippen LogP contribution is -2.12. The van der Waals surface area contributed by atoms with Gasteiger partial charge in [-0.3, -0.25) is 4.79 Å². The molecule has 2 aromatic heterocycles. The van der Waals surface area contributed by atoms with Crippen LogP contribution in [0, 0.1) is 6.92 Å². The highest BCUT2D eigenvalue weighted by atomic mass is 35.5. The van der Waals surface area contributed by atoms with Crippen molar-refractivity contribution in [3.63, 3.8) is 0 Å². The molecule has 5 aromatic rings. The number of nitrogens with zero attached hydrogens (tertiary/aromatic N) is 2. The summed E-state index contributed by atoms with van der Waals surface area (Å²) < 4.78 is 2.07. The maximum atomic E-state index is 12.0. The second kappa shape index (κ2) is 8.73. The van der Waals surface area contributed by atoms with Crippen molar-refractivity contribution in [1.82, 2.24) is 9.55 Å². The van der Waals surface area contributed by atoms with Gasteiger partial charge in [0.05, 0.1) is 17.0 Å². The molecule has 0 saturated carbocycles. The molecule has 33 heavy (non-hydrogen) atoms. The Hall–Kier alpha value is -3.61. The van der Waals surface area contributed by atoms with E-state index in [0.29, 0.717) is 17.1 Å². The average Bonchev–Trinajstić information content (AvgIpc) is 3.40. The van der Waals surface area contributed by atoms with Gasteiger partial charge in [0.15, 0.2) is 5.13 Å². The lowest BCUT2D eigenvalue weighted by Gasteiger charge is -2.11. The Kier molecular flexibility index (Phi) is 5.62. The zero-order valence-electron chi connectivity index (χ0n) is 17.9. The topological polar surface area (TPSA) is 72.9 Å². The minimum absolute atomic E-state index is 0.451. The minimum Gasteiger partial charge on any atom is -0.366 e. The standard InChI is InChI=1S/C26H21ClN4OS/c1-16-21(25(28)32)13-24(31(16)14-17-9-11-19(27)12-10-17)23-15-33-26(30-23)29-22-8-4-6-18-5-2-3-7-20(18)22/h2-13,15H,14H2,1H3,(H2,28,32)(H,29,30). The van der Waals surface area contributed by atoms with Crippen molar-refractivity contribution in [2.75, 3.05) is 5.32 Å². The van der Waals surface area contributed by atoms with Gasteiger partial charge in [0, 0.05) is 33.7 Å². The Bertz CT molecular complexity index is 1460. The highest BCUT2D eigenvalue weighted by Gasteiger charge is 2.19. The number of carbonyl (C=O) groups excluding carboxylic acids is 1. The molecule has 0 bridgehead atoms. The van der Waals surface area contributed by atoms with Crippen LogP contribution in [0.1, 0.15) is 21.6 Å². The van der Waals surface area contributed by atoms with Gasteiger partial charge < -0.3 is 15.6 Å². The molecule has 0 spiro atoms. The molecule has 0 radical (unpaired) electrons. The number of nitrogens with one attached hydrogen (secondary N) is 1. The molecule has 1 amide bonds. The highest BCUT2D eigenvalue weighted by Crippen LogP contribution is 2.33. The first-order chi connectivity index (χ1) is 16.0. The number of anilines is 2. The van der Waals surface area contributed by atoms with Crippen LogP contribution in [0.15, 0.2) is 78.2 Å². The van der Waals surface area contributed by atoms with Crippen LogP contribution in [-0.2, 0) is 6.54 Å². The molecule has 0 saturated heterocycles. The Morgan fingerprint density at radius 2 is 1.85 bits per heavy atom. The third-order valence-corrected chi connectivity index (χ3v) is 6.69. The van der Waals surface area contributed by atoms with E-state index in [1.54, 1.807) is 0 Å². The van der Waals surface area contributed by atoms with E-state index in [-0.39, 0.29) is 0 Å². The molecule has 5 rings (SSSR count). The SMILES string of the molecule is Cc1c(C(N)=O)cc(-c2csc(Nc3cccc4ccccc34)n2)n1Cc1ccc(Cl)cc1. The first-order valence-electron chi connectivity index (χ1n) is 10.4. The van der Waals surface area contributed by atoms with Gasteiger partial charge in [0.2, 0.25) is 0 Å². The van der Waals surface area contributed by atoms with Gasteiger partial charge in [0.25, 0.3) is 5.91 Å². The minimum atomic E-state index is -0.451. The van der Waals surface area contributed by atoms with Crippen molar-refractivity contribution in [2.45, 2.75) is 13.5 Å². The number of carbonyl (C=O) groups is 1. The van der Waals surface area contributed by atoms with Crippen molar-refractivity contribution in [3.05, 3.63) is 100 Å². The number of aromatic nitrogens is 2. The Labute approximate surface area is 200 Å². The van der Waals surface area contributed by atoms with E-state index in [9.17, 15) is 4.79 Å². The van der Waals surface area contributed by atoms with Gasteiger partial charge in [-0.15, -0.1) is 11.3 Å². The first kappa shape index (κ1) is 21.2. The molecule has 164 valence electrons. The second-order valence-corrected chi connectivity index (χ2v) is 9.09. The van der Waals surface area contributed by atoms with Gasteiger partial charge in [-0.25, -0.2) is 4.98 Å². The van der Waals surface area contributed by atoms with Crippen LogP contribution in [0.4, 0.5) is 10.8 Å². The molecular weight excluding hydrogens is 452 g/mol. The highest BCUT2D eigenvalue weighted by molar-refractivity contribution is 7.14. The number of hydrogen-bond donors (Lipinski definition) is 2. The molecule has 3 aromatic carbocycles. The third kappa shape index (κ3) is 4.23. The van der Waals surface area contributed by atoms with E-state index in [2.05, 4.69) is 28.1 Å².